The summed E-state index contributed by atoms with van der Waals surface area (Å²) in [4.78, 5) is 49.3. The largest absolute Gasteiger partial charge is 0.364 e. The average molecular weight is 508 g/mol. The lowest BCUT2D eigenvalue weighted by Crippen LogP contribution is -2.45. The molecule has 1 aromatic carbocycles. The van der Waals surface area contributed by atoms with Crippen molar-refractivity contribution in [2.75, 3.05) is 39.5 Å². The summed E-state index contributed by atoms with van der Waals surface area (Å²) < 4.78 is 0. The van der Waals surface area contributed by atoms with Crippen molar-refractivity contribution < 1.29 is 14.4 Å². The lowest BCUT2D eigenvalue weighted by atomic mass is 10.1. The number of anilines is 2. The Bertz CT molecular complexity index is 1170. The number of rotatable bonds is 12. The molecule has 0 bridgehead atoms. The van der Waals surface area contributed by atoms with Crippen LogP contribution in [0, 0.1) is 6.92 Å². The van der Waals surface area contributed by atoms with E-state index in [0.717, 1.165) is 35.5 Å². The highest BCUT2D eigenvalue weighted by atomic mass is 16.2. The van der Waals surface area contributed by atoms with Gasteiger partial charge in [-0.1, -0.05) is 18.2 Å². The second kappa shape index (κ2) is 12.4. The number of nitrogens with two attached hydrogens (primary N) is 1. The quantitative estimate of drug-likeness (QED) is 0.375. The third-order valence-corrected chi connectivity index (χ3v) is 6.25. The lowest BCUT2D eigenvalue weighted by Gasteiger charge is -2.23. The van der Waals surface area contributed by atoms with Crippen molar-refractivity contribution in [3.05, 3.63) is 59.1 Å². The van der Waals surface area contributed by atoms with Gasteiger partial charge in [-0.15, -0.1) is 0 Å². The summed E-state index contributed by atoms with van der Waals surface area (Å²) >= 11 is 0. The van der Waals surface area contributed by atoms with Crippen molar-refractivity contribution in [2.45, 2.75) is 45.1 Å². The Morgan fingerprint density at radius 1 is 1.19 bits per heavy atom. The Morgan fingerprint density at radius 2 is 1.92 bits per heavy atom. The van der Waals surface area contributed by atoms with Gasteiger partial charge in [-0.3, -0.25) is 14.4 Å². The summed E-state index contributed by atoms with van der Waals surface area (Å²) in [5, 5.41) is 6.10. The van der Waals surface area contributed by atoms with Crippen molar-refractivity contribution in [1.29, 1.82) is 0 Å². The first-order chi connectivity index (χ1) is 17.6. The van der Waals surface area contributed by atoms with E-state index >= 15 is 0 Å². The van der Waals surface area contributed by atoms with E-state index < -0.39 is 11.9 Å². The highest BCUT2D eigenvalue weighted by Crippen LogP contribution is 2.41. The number of likely N-dealkylation sites (N-methyl/N-ethyl adjacent to an activating group) is 2. The van der Waals surface area contributed by atoms with E-state index in [0.29, 0.717) is 31.2 Å². The molecule has 1 aromatic heterocycles. The zero-order valence-corrected chi connectivity index (χ0v) is 22.2. The third-order valence-electron chi connectivity index (χ3n) is 6.25. The van der Waals surface area contributed by atoms with Crippen LogP contribution in [0.4, 0.5) is 11.5 Å². The summed E-state index contributed by atoms with van der Waals surface area (Å²) in [6.45, 7) is 4.61. The number of aromatic nitrogens is 2. The number of carbonyl (C=O) groups is 3. The second-order valence-electron chi connectivity index (χ2n) is 9.69. The molecule has 0 aliphatic heterocycles. The van der Waals surface area contributed by atoms with Gasteiger partial charge in [0.05, 0.1) is 11.4 Å². The molecule has 10 nitrogen and oxygen atoms in total. The molecular weight excluding hydrogens is 470 g/mol. The number of nitrogens with one attached hydrogen (secondary N) is 2. The van der Waals surface area contributed by atoms with E-state index in [1.807, 2.05) is 50.2 Å². The molecule has 1 aliphatic rings. The van der Waals surface area contributed by atoms with E-state index in [4.69, 9.17) is 5.73 Å². The Labute approximate surface area is 218 Å². The minimum atomic E-state index is -0.634. The molecule has 3 amide bonds. The van der Waals surface area contributed by atoms with Crippen LogP contribution in [-0.4, -0.2) is 77.8 Å². The topological polar surface area (TPSA) is 134 Å². The predicted octanol–water partition coefficient (Wildman–Crippen LogP) is 2.13. The zero-order valence-electron chi connectivity index (χ0n) is 22.2. The van der Waals surface area contributed by atoms with Gasteiger partial charge < -0.3 is 26.2 Å². The van der Waals surface area contributed by atoms with Crippen LogP contribution in [0.15, 0.2) is 36.4 Å². The van der Waals surface area contributed by atoms with E-state index in [2.05, 4.69) is 20.6 Å². The van der Waals surface area contributed by atoms with E-state index in [1.165, 1.54) is 11.0 Å². The highest BCUT2D eigenvalue weighted by Gasteiger charge is 2.29. The maximum absolute atomic E-state index is 12.6. The fourth-order valence-corrected chi connectivity index (χ4v) is 3.80. The average Bonchev–Trinajstić information content (AvgIpc) is 3.69. The molecule has 1 heterocycles. The maximum Gasteiger partial charge on any atom is 0.271 e. The molecule has 1 aliphatic carbocycles. The zero-order chi connectivity index (χ0) is 27.1. The normalized spacial score (nSPS) is 14.0. The van der Waals surface area contributed by atoms with E-state index in [9.17, 15) is 14.4 Å². The van der Waals surface area contributed by atoms with Gasteiger partial charge in [-0.2, -0.15) is 0 Å². The number of nitrogens with zero attached hydrogens (tertiary/aromatic N) is 4. The van der Waals surface area contributed by atoms with Crippen molar-refractivity contribution in [3.8, 4) is 0 Å². The Kier molecular flexibility index (Phi) is 9.35. The lowest BCUT2D eigenvalue weighted by molar-refractivity contribution is -0.135. The van der Waals surface area contributed by atoms with Crippen molar-refractivity contribution in [3.63, 3.8) is 0 Å². The van der Waals surface area contributed by atoms with Gasteiger partial charge in [-0.25, -0.2) is 9.97 Å². The molecule has 4 N–H and O–H groups in total. The first-order valence-corrected chi connectivity index (χ1v) is 12.5. The first-order valence-electron chi connectivity index (χ1n) is 12.5. The SMILES string of the molecule is Cc1nc(C(N)=O)c(Nc2cccc(CCNC(=O)[C@H](C)N(C)C(=O)/C=C/CN(C)C)c2)nc1C1CC1. The van der Waals surface area contributed by atoms with Crippen LogP contribution in [0.2, 0.25) is 0 Å². The van der Waals surface area contributed by atoms with Crippen LogP contribution in [-0.2, 0) is 16.0 Å². The standard InChI is InChI=1S/C27H37N7O3/c1-17-23(20-11-12-20)32-26(24(30-17)25(28)36)31-21-9-6-8-19(16-21)13-14-29-27(37)18(2)34(5)22(35)10-7-15-33(3)4/h6-10,16,18,20H,11-15H2,1-5H3,(H2,28,36)(H,29,37)(H,31,32)/b10-7+/t18-/m0/s1. The molecule has 0 radical (unpaired) electrons. The van der Waals surface area contributed by atoms with Crippen LogP contribution < -0.4 is 16.4 Å². The molecule has 10 heteroatoms. The summed E-state index contributed by atoms with van der Waals surface area (Å²) in [6, 6.07) is 7.05. The van der Waals surface area contributed by atoms with Crippen LogP contribution in [0.3, 0.4) is 0 Å². The molecule has 1 saturated carbocycles. The molecule has 1 atom stereocenters. The molecule has 37 heavy (non-hydrogen) atoms. The minimum absolute atomic E-state index is 0.115. The number of hydrogen-bond acceptors (Lipinski definition) is 7. The van der Waals surface area contributed by atoms with Crippen LogP contribution in [0.5, 0.6) is 0 Å². The summed E-state index contributed by atoms with van der Waals surface area (Å²) in [7, 11) is 5.45. The molecule has 3 rings (SSSR count). The third kappa shape index (κ3) is 7.85. The number of aryl methyl sites for hydroxylation is 1. The van der Waals surface area contributed by atoms with E-state index in [-0.39, 0.29) is 17.5 Å². The predicted molar refractivity (Wildman–Crippen MR) is 144 cm³/mol. The Morgan fingerprint density at radius 3 is 2.57 bits per heavy atom. The maximum atomic E-state index is 12.6. The van der Waals surface area contributed by atoms with Crippen LogP contribution in [0.25, 0.3) is 0 Å². The molecule has 1 fully saturated rings. The summed E-state index contributed by atoms with van der Waals surface area (Å²) in [5.74, 6) is -0.338. The number of primary amides is 1. The molecule has 2 aromatic rings. The summed E-state index contributed by atoms with van der Waals surface area (Å²) in [5.41, 5.74) is 9.03. The monoisotopic (exact) mass is 507 g/mol. The Balaban J connectivity index is 1.58. The van der Waals surface area contributed by atoms with Crippen LogP contribution >= 0.6 is 0 Å². The molecule has 0 unspecified atom stereocenters. The van der Waals surface area contributed by atoms with Gasteiger partial charge in [0.1, 0.15) is 6.04 Å². The van der Waals surface area contributed by atoms with Gasteiger partial charge >= 0.3 is 0 Å². The number of amides is 3. The number of benzene rings is 1. The van der Waals surface area contributed by atoms with Gasteiger partial charge in [0.15, 0.2) is 11.5 Å². The smallest absolute Gasteiger partial charge is 0.271 e. The van der Waals surface area contributed by atoms with Crippen LogP contribution in [0.1, 0.15) is 53.1 Å². The van der Waals surface area contributed by atoms with E-state index in [1.54, 1.807) is 20.0 Å². The van der Waals surface area contributed by atoms with Gasteiger partial charge in [0, 0.05) is 37.8 Å². The van der Waals surface area contributed by atoms with Crippen molar-refractivity contribution in [1.82, 2.24) is 25.1 Å². The fraction of sp³-hybridized carbons (Fsp3) is 0.444. The van der Waals surface area contributed by atoms with Crippen molar-refractivity contribution in [2.24, 2.45) is 5.73 Å². The van der Waals surface area contributed by atoms with Gasteiger partial charge in [0.2, 0.25) is 11.8 Å². The number of carbonyl (C=O) groups excluding carboxylic acids is 3. The van der Waals surface area contributed by atoms with Gasteiger partial charge in [-0.05, 0) is 64.9 Å². The minimum Gasteiger partial charge on any atom is -0.364 e. The van der Waals surface area contributed by atoms with Gasteiger partial charge in [0.25, 0.3) is 5.91 Å². The Hall–Kier alpha value is -3.79. The second-order valence-corrected chi connectivity index (χ2v) is 9.69. The number of hydrogen-bond donors (Lipinski definition) is 3. The first kappa shape index (κ1) is 27.8. The molecular formula is C27H37N7O3. The molecule has 0 saturated heterocycles. The molecule has 0 spiro atoms. The fourth-order valence-electron chi connectivity index (χ4n) is 3.80. The molecule has 198 valence electrons. The van der Waals surface area contributed by atoms with Crippen molar-refractivity contribution >= 4 is 29.2 Å². The highest BCUT2D eigenvalue weighted by molar-refractivity contribution is 5.96. The summed E-state index contributed by atoms with van der Waals surface area (Å²) in [6.07, 6.45) is 5.98.